The zero-order chi connectivity index (χ0) is 24.5. The predicted molar refractivity (Wildman–Crippen MR) is 140 cm³/mol. The molecule has 1 amide bonds. The summed E-state index contributed by atoms with van der Waals surface area (Å²) in [5.41, 5.74) is 3.86. The summed E-state index contributed by atoms with van der Waals surface area (Å²) in [7, 11) is 1.39. The Labute approximate surface area is 215 Å². The lowest BCUT2D eigenvalue weighted by molar-refractivity contribution is 0.0204. The number of rotatable bonds is 4. The molecule has 0 atom stereocenters. The zero-order valence-electron chi connectivity index (χ0n) is 19.6. The van der Waals surface area contributed by atoms with Crippen LogP contribution in [0.25, 0.3) is 22.5 Å². The molecule has 1 fully saturated rings. The van der Waals surface area contributed by atoms with E-state index in [4.69, 9.17) is 9.84 Å². The van der Waals surface area contributed by atoms with Crippen LogP contribution in [-0.2, 0) is 4.74 Å². The van der Waals surface area contributed by atoms with Gasteiger partial charge in [0.05, 0.1) is 22.6 Å². The molecular weight excluding hydrogens is 568 g/mol. The molecule has 7 nitrogen and oxygen atoms in total. The van der Waals surface area contributed by atoms with Gasteiger partial charge in [0.1, 0.15) is 17.7 Å². The van der Waals surface area contributed by atoms with Gasteiger partial charge in [0.25, 0.3) is 0 Å². The minimum absolute atomic E-state index is 0.0979. The van der Waals surface area contributed by atoms with E-state index in [-0.39, 0.29) is 17.8 Å². The van der Waals surface area contributed by atoms with Crippen LogP contribution in [0.15, 0.2) is 36.8 Å². The fraction of sp³-hybridized carbons (Fsp3) is 0.417. The third kappa shape index (κ3) is 5.37. The highest BCUT2D eigenvalue weighted by atomic mass is 127. The summed E-state index contributed by atoms with van der Waals surface area (Å²) in [6.07, 6.45) is 4.35. The first-order valence-corrected chi connectivity index (χ1v) is 14.4. The maximum Gasteiger partial charge on any atom is 0.410 e. The maximum atomic E-state index is 15.1. The smallest absolute Gasteiger partial charge is 0.410 e. The SMILES string of the molecule is Cc1ccc(-c2c(-c3ccncn3)c(C3CCN(C(=O)OC(C)(C)C)CC3)nn2SI)c(F)c1. The Morgan fingerprint density at radius 3 is 2.56 bits per heavy atom. The number of halogens is 2. The predicted octanol–water partition coefficient (Wildman–Crippen LogP) is 6.42. The van der Waals surface area contributed by atoms with E-state index in [9.17, 15) is 4.79 Å². The topological polar surface area (TPSA) is 73.1 Å². The van der Waals surface area contributed by atoms with Crippen molar-refractivity contribution in [1.82, 2.24) is 24.1 Å². The molecule has 34 heavy (non-hydrogen) atoms. The molecule has 0 spiro atoms. The number of piperidine rings is 1. The lowest BCUT2D eigenvalue weighted by Crippen LogP contribution is -2.41. The number of hydrogen-bond donors (Lipinski definition) is 0. The Bertz CT molecular complexity index is 1170. The molecule has 3 heterocycles. The highest BCUT2D eigenvalue weighted by molar-refractivity contribution is 14.2. The third-order valence-electron chi connectivity index (χ3n) is 5.70. The Morgan fingerprint density at radius 1 is 1.24 bits per heavy atom. The fourth-order valence-electron chi connectivity index (χ4n) is 4.15. The molecule has 1 aliphatic heterocycles. The van der Waals surface area contributed by atoms with Crippen LogP contribution in [0, 0.1) is 12.7 Å². The van der Waals surface area contributed by atoms with Gasteiger partial charge < -0.3 is 9.64 Å². The lowest BCUT2D eigenvalue weighted by atomic mass is 9.89. The van der Waals surface area contributed by atoms with Gasteiger partial charge in [-0.15, -0.1) is 0 Å². The van der Waals surface area contributed by atoms with Crippen molar-refractivity contribution >= 4 is 36.4 Å². The van der Waals surface area contributed by atoms with Gasteiger partial charge in [0, 0.05) is 61.1 Å². The van der Waals surface area contributed by atoms with E-state index in [1.807, 2.05) is 39.8 Å². The number of nitrogens with zero attached hydrogens (tertiary/aromatic N) is 5. The Balaban J connectivity index is 1.73. The molecule has 1 aromatic carbocycles. The van der Waals surface area contributed by atoms with E-state index in [2.05, 4.69) is 31.2 Å². The van der Waals surface area contributed by atoms with Crippen LogP contribution >= 0.6 is 30.3 Å². The molecule has 0 unspecified atom stereocenters. The first-order valence-electron chi connectivity index (χ1n) is 11.1. The van der Waals surface area contributed by atoms with Gasteiger partial charge in [-0.1, -0.05) is 6.07 Å². The van der Waals surface area contributed by atoms with Gasteiger partial charge in [-0.2, -0.15) is 9.19 Å². The molecule has 4 rings (SSSR count). The lowest BCUT2D eigenvalue weighted by Gasteiger charge is -2.33. The summed E-state index contributed by atoms with van der Waals surface area (Å²) in [5.74, 6) is -0.200. The number of carbonyl (C=O) groups is 1. The molecule has 0 N–H and O–H groups in total. The van der Waals surface area contributed by atoms with E-state index in [0.29, 0.717) is 30.0 Å². The molecule has 2 aromatic heterocycles. The van der Waals surface area contributed by atoms with E-state index >= 15 is 4.39 Å². The van der Waals surface area contributed by atoms with Crippen LogP contribution in [0.4, 0.5) is 9.18 Å². The molecule has 3 aromatic rings. The van der Waals surface area contributed by atoms with E-state index in [0.717, 1.165) is 29.7 Å². The minimum atomic E-state index is -0.530. The molecular formula is C24H27FIN5O2S. The second-order valence-corrected chi connectivity index (χ2v) is 11.0. The Morgan fingerprint density at radius 2 is 1.97 bits per heavy atom. The first-order chi connectivity index (χ1) is 16.2. The van der Waals surface area contributed by atoms with Crippen LogP contribution in [0.5, 0.6) is 0 Å². The summed E-state index contributed by atoms with van der Waals surface area (Å²) in [5, 5.41) is 4.91. The fourth-order valence-corrected chi connectivity index (χ4v) is 5.39. The van der Waals surface area contributed by atoms with Crippen LogP contribution in [0.2, 0.25) is 0 Å². The molecule has 0 saturated carbocycles. The zero-order valence-corrected chi connectivity index (χ0v) is 22.6. The van der Waals surface area contributed by atoms with Crippen molar-refractivity contribution < 1.29 is 13.9 Å². The summed E-state index contributed by atoms with van der Waals surface area (Å²) in [4.78, 5) is 22.8. The quantitative estimate of drug-likeness (QED) is 0.325. The number of hydrogen-bond acceptors (Lipinski definition) is 6. The van der Waals surface area contributed by atoms with Crippen molar-refractivity contribution in [3.05, 3.63) is 53.9 Å². The van der Waals surface area contributed by atoms with Gasteiger partial charge in [0.2, 0.25) is 0 Å². The maximum absolute atomic E-state index is 15.1. The number of likely N-dealkylation sites (tertiary alicyclic amines) is 1. The molecule has 1 saturated heterocycles. The number of aryl methyl sites for hydroxylation is 1. The van der Waals surface area contributed by atoms with E-state index in [1.165, 1.54) is 21.5 Å². The summed E-state index contributed by atoms with van der Waals surface area (Å²) < 4.78 is 22.4. The van der Waals surface area contributed by atoms with Crippen molar-refractivity contribution in [2.24, 2.45) is 0 Å². The highest BCUT2D eigenvalue weighted by Gasteiger charge is 2.33. The number of ether oxygens (including phenoxy) is 1. The number of amides is 1. The van der Waals surface area contributed by atoms with Crippen molar-refractivity contribution in [3.8, 4) is 22.5 Å². The number of benzene rings is 1. The highest BCUT2D eigenvalue weighted by Crippen LogP contribution is 2.43. The minimum Gasteiger partial charge on any atom is -0.444 e. The second kappa shape index (κ2) is 10.2. The van der Waals surface area contributed by atoms with Gasteiger partial charge >= 0.3 is 6.09 Å². The van der Waals surface area contributed by atoms with Crippen molar-refractivity contribution in [2.75, 3.05) is 13.1 Å². The molecule has 10 heteroatoms. The monoisotopic (exact) mass is 595 g/mol. The van der Waals surface area contributed by atoms with E-state index in [1.54, 1.807) is 21.3 Å². The van der Waals surface area contributed by atoms with Crippen LogP contribution in [0.3, 0.4) is 0 Å². The summed E-state index contributed by atoms with van der Waals surface area (Å²) in [6.45, 7) is 8.61. The van der Waals surface area contributed by atoms with Crippen molar-refractivity contribution in [3.63, 3.8) is 0 Å². The number of aromatic nitrogens is 4. The average molecular weight is 595 g/mol. The van der Waals surface area contributed by atoms with Crippen molar-refractivity contribution in [1.29, 1.82) is 0 Å². The molecule has 0 radical (unpaired) electrons. The normalized spacial score (nSPS) is 14.9. The average Bonchev–Trinajstić information content (AvgIpc) is 3.18. The Hall–Kier alpha value is -2.21. The molecule has 0 bridgehead atoms. The summed E-state index contributed by atoms with van der Waals surface area (Å²) >= 11 is 2.16. The van der Waals surface area contributed by atoms with Crippen LogP contribution < -0.4 is 0 Å². The van der Waals surface area contributed by atoms with Crippen LogP contribution in [-0.4, -0.2) is 48.8 Å². The van der Waals surface area contributed by atoms with Gasteiger partial charge in [-0.3, -0.25) is 0 Å². The van der Waals surface area contributed by atoms with Crippen molar-refractivity contribution in [2.45, 2.75) is 52.1 Å². The Kier molecular flexibility index (Phi) is 7.46. The van der Waals surface area contributed by atoms with Gasteiger partial charge in [-0.05, 0) is 64.3 Å². The van der Waals surface area contributed by atoms with Gasteiger partial charge in [0.15, 0.2) is 0 Å². The van der Waals surface area contributed by atoms with E-state index < -0.39 is 5.60 Å². The number of carbonyl (C=O) groups excluding carboxylic acids is 1. The molecule has 0 aliphatic carbocycles. The van der Waals surface area contributed by atoms with Crippen LogP contribution in [0.1, 0.15) is 50.8 Å². The first kappa shape index (κ1) is 24.9. The molecule has 1 aliphatic rings. The third-order valence-corrected chi connectivity index (χ3v) is 7.21. The second-order valence-electron chi connectivity index (χ2n) is 9.37. The van der Waals surface area contributed by atoms with Gasteiger partial charge in [-0.25, -0.2) is 19.2 Å². The molecule has 180 valence electrons. The standard InChI is InChI=1S/C24H27FIN5O2S/c1-15-5-6-17(18(25)13-15)22-20(19-7-10-27-14-28-19)21(29-31(22)34-26)16-8-11-30(12-9-16)23(32)33-24(2,3)4/h5-7,10,13-14,16H,8-9,11-12H2,1-4H3. The summed E-state index contributed by atoms with van der Waals surface area (Å²) in [6, 6.07) is 7.06. The largest absolute Gasteiger partial charge is 0.444 e.